The van der Waals surface area contributed by atoms with Crippen molar-refractivity contribution in [3.8, 4) is 0 Å². The molecule has 0 amide bonds. The molecule has 0 rings (SSSR count). The van der Waals surface area contributed by atoms with Crippen LogP contribution in [0.1, 0.15) is 61.3 Å². The van der Waals surface area contributed by atoms with E-state index in [9.17, 15) is 4.79 Å². The van der Waals surface area contributed by atoms with E-state index in [1.54, 1.807) is 0 Å². The Balaban J connectivity index is 4.72. The van der Waals surface area contributed by atoms with Crippen molar-refractivity contribution >= 4 is 5.97 Å². The number of rotatable bonds is 5. The quantitative estimate of drug-likeness (QED) is 0.541. The Labute approximate surface area is 105 Å². The third kappa shape index (κ3) is 8.83. The van der Waals surface area contributed by atoms with E-state index in [1.165, 1.54) is 6.92 Å². The first kappa shape index (κ1) is 16.1. The van der Waals surface area contributed by atoms with E-state index >= 15 is 0 Å². The molecular formula is C13H26N2O2. The van der Waals surface area contributed by atoms with E-state index in [-0.39, 0.29) is 11.5 Å². The molecule has 0 aliphatic rings. The molecule has 0 bridgehead atoms. The summed E-state index contributed by atoms with van der Waals surface area (Å²) in [5.41, 5.74) is -1.08. The topological polar surface area (TPSA) is 51.0 Å². The maximum Gasteiger partial charge on any atom is 0.304 e. The lowest BCUT2D eigenvalue weighted by atomic mass is 10.0. The minimum Gasteiger partial charge on any atom is -0.436 e. The summed E-state index contributed by atoms with van der Waals surface area (Å²) in [6.45, 7) is 13.4. The highest BCUT2D eigenvalue weighted by Gasteiger charge is 2.28. The summed E-state index contributed by atoms with van der Waals surface area (Å²) in [4.78, 5) is 11.1. The molecule has 0 saturated carbocycles. The first-order valence-corrected chi connectivity index (χ1v) is 6.18. The summed E-state index contributed by atoms with van der Waals surface area (Å²) >= 11 is 0. The standard InChI is InChI=1S/C13H26N2O2/c1-10(2)8-9-13(7,17-11(3)16)15-14-12(4,5)6/h10H,8-9H2,1-7H3. The number of ether oxygens (including phenoxy) is 1. The second kappa shape index (κ2) is 6.12. The van der Waals surface area contributed by atoms with Crippen LogP contribution in [0, 0.1) is 5.92 Å². The van der Waals surface area contributed by atoms with Crippen molar-refractivity contribution in [2.75, 3.05) is 0 Å². The molecule has 0 heterocycles. The molecule has 1 unspecified atom stereocenters. The first-order valence-electron chi connectivity index (χ1n) is 6.18. The Morgan fingerprint density at radius 2 is 1.71 bits per heavy atom. The molecule has 0 aromatic heterocycles. The minimum atomic E-state index is -0.830. The van der Waals surface area contributed by atoms with Gasteiger partial charge in [0.25, 0.3) is 0 Å². The largest absolute Gasteiger partial charge is 0.436 e. The molecule has 0 spiro atoms. The van der Waals surface area contributed by atoms with Gasteiger partial charge in [0, 0.05) is 13.3 Å². The lowest BCUT2D eigenvalue weighted by Crippen LogP contribution is -2.29. The van der Waals surface area contributed by atoms with Crippen LogP contribution in [0.15, 0.2) is 10.2 Å². The van der Waals surface area contributed by atoms with Crippen molar-refractivity contribution in [2.24, 2.45) is 16.1 Å². The van der Waals surface area contributed by atoms with Gasteiger partial charge in [-0.1, -0.05) is 13.8 Å². The van der Waals surface area contributed by atoms with Crippen molar-refractivity contribution in [3.05, 3.63) is 0 Å². The molecule has 0 radical (unpaired) electrons. The Kier molecular flexibility index (Phi) is 5.79. The lowest BCUT2D eigenvalue weighted by Gasteiger charge is -2.25. The van der Waals surface area contributed by atoms with Gasteiger partial charge >= 0.3 is 5.97 Å². The van der Waals surface area contributed by atoms with Gasteiger partial charge in [0.15, 0.2) is 0 Å². The fourth-order valence-electron chi connectivity index (χ4n) is 1.24. The molecule has 17 heavy (non-hydrogen) atoms. The Hall–Kier alpha value is -0.930. The molecule has 4 nitrogen and oxygen atoms in total. The molecule has 0 aromatic carbocycles. The van der Waals surface area contributed by atoms with Crippen LogP contribution in [0.2, 0.25) is 0 Å². The fourth-order valence-corrected chi connectivity index (χ4v) is 1.24. The zero-order valence-electron chi connectivity index (χ0n) is 12.2. The minimum absolute atomic E-state index is 0.251. The SMILES string of the molecule is CC(=O)OC(C)(CCC(C)C)N=NC(C)(C)C. The number of hydrogen-bond donors (Lipinski definition) is 0. The van der Waals surface area contributed by atoms with Crippen molar-refractivity contribution in [2.45, 2.75) is 72.6 Å². The number of esters is 1. The number of hydrogen-bond acceptors (Lipinski definition) is 4. The van der Waals surface area contributed by atoms with Crippen LogP contribution in [0.5, 0.6) is 0 Å². The maximum absolute atomic E-state index is 11.1. The van der Waals surface area contributed by atoms with Crippen LogP contribution >= 0.6 is 0 Å². The third-order valence-electron chi connectivity index (χ3n) is 2.11. The predicted molar refractivity (Wildman–Crippen MR) is 68.9 cm³/mol. The second-order valence-corrected chi connectivity index (χ2v) is 6.07. The van der Waals surface area contributed by atoms with E-state index in [4.69, 9.17) is 4.74 Å². The number of nitrogens with zero attached hydrogens (tertiary/aromatic N) is 2. The summed E-state index contributed by atoms with van der Waals surface area (Å²) in [7, 11) is 0. The molecular weight excluding hydrogens is 216 g/mol. The van der Waals surface area contributed by atoms with Gasteiger partial charge < -0.3 is 4.74 Å². The van der Waals surface area contributed by atoms with E-state index < -0.39 is 5.72 Å². The van der Waals surface area contributed by atoms with E-state index in [0.29, 0.717) is 12.3 Å². The van der Waals surface area contributed by atoms with E-state index in [0.717, 1.165) is 6.42 Å². The van der Waals surface area contributed by atoms with Crippen LogP contribution < -0.4 is 0 Å². The average molecular weight is 242 g/mol. The molecule has 0 aliphatic carbocycles. The van der Waals surface area contributed by atoms with Gasteiger partial charge in [0.1, 0.15) is 0 Å². The average Bonchev–Trinajstić information content (AvgIpc) is 2.10. The molecule has 4 heteroatoms. The van der Waals surface area contributed by atoms with Crippen LogP contribution in [0.25, 0.3) is 0 Å². The second-order valence-electron chi connectivity index (χ2n) is 6.07. The molecule has 0 N–H and O–H groups in total. The highest BCUT2D eigenvalue weighted by molar-refractivity contribution is 5.66. The smallest absolute Gasteiger partial charge is 0.304 e. The molecule has 1 atom stereocenters. The van der Waals surface area contributed by atoms with Crippen LogP contribution in [0.3, 0.4) is 0 Å². The summed E-state index contributed by atoms with van der Waals surface area (Å²) in [5.74, 6) is 0.235. The van der Waals surface area contributed by atoms with E-state index in [2.05, 4.69) is 24.1 Å². The molecule has 0 aliphatic heterocycles. The summed E-state index contributed by atoms with van der Waals surface area (Å²) in [5, 5.41) is 8.43. The van der Waals surface area contributed by atoms with Gasteiger partial charge in [0.2, 0.25) is 5.72 Å². The maximum atomic E-state index is 11.1. The lowest BCUT2D eigenvalue weighted by molar-refractivity contribution is -0.156. The third-order valence-corrected chi connectivity index (χ3v) is 2.11. The zero-order chi connectivity index (χ0) is 13.7. The van der Waals surface area contributed by atoms with Crippen molar-refractivity contribution < 1.29 is 9.53 Å². The Morgan fingerprint density at radius 3 is 2.06 bits per heavy atom. The van der Waals surface area contributed by atoms with Crippen LogP contribution in [-0.4, -0.2) is 17.2 Å². The number of carbonyl (C=O) groups is 1. The van der Waals surface area contributed by atoms with Gasteiger partial charge in [0.05, 0.1) is 5.54 Å². The Morgan fingerprint density at radius 1 is 1.18 bits per heavy atom. The van der Waals surface area contributed by atoms with Gasteiger partial charge in [-0.05, 0) is 40.0 Å². The van der Waals surface area contributed by atoms with Crippen molar-refractivity contribution in [1.29, 1.82) is 0 Å². The summed E-state index contributed by atoms with van der Waals surface area (Å²) in [6.07, 6.45) is 1.65. The van der Waals surface area contributed by atoms with Crippen LogP contribution in [0.4, 0.5) is 0 Å². The van der Waals surface area contributed by atoms with E-state index in [1.807, 2.05) is 27.7 Å². The van der Waals surface area contributed by atoms with Gasteiger partial charge in [-0.3, -0.25) is 4.79 Å². The fraction of sp³-hybridized carbons (Fsp3) is 0.923. The normalized spacial score (nSPS) is 16.2. The monoisotopic (exact) mass is 242 g/mol. The highest BCUT2D eigenvalue weighted by Crippen LogP contribution is 2.24. The highest BCUT2D eigenvalue weighted by atomic mass is 16.6. The Bertz CT molecular complexity index is 280. The molecule has 0 aromatic rings. The van der Waals surface area contributed by atoms with Gasteiger partial charge in [-0.25, -0.2) is 0 Å². The van der Waals surface area contributed by atoms with Crippen molar-refractivity contribution in [1.82, 2.24) is 0 Å². The molecule has 100 valence electrons. The predicted octanol–water partition coefficient (Wildman–Crippen LogP) is 3.95. The number of carbonyl (C=O) groups excluding carboxylic acids is 1. The van der Waals surface area contributed by atoms with Gasteiger partial charge in [-0.15, -0.1) is 5.11 Å². The molecule has 0 saturated heterocycles. The van der Waals surface area contributed by atoms with Crippen molar-refractivity contribution in [3.63, 3.8) is 0 Å². The van der Waals surface area contributed by atoms with Gasteiger partial charge in [-0.2, -0.15) is 5.11 Å². The molecule has 0 fully saturated rings. The van der Waals surface area contributed by atoms with Crippen LogP contribution in [-0.2, 0) is 9.53 Å². The first-order chi connectivity index (χ1) is 7.54. The number of azo groups is 1. The summed E-state index contributed by atoms with van der Waals surface area (Å²) in [6, 6.07) is 0. The zero-order valence-corrected chi connectivity index (χ0v) is 12.2. The summed E-state index contributed by atoms with van der Waals surface area (Å²) < 4.78 is 5.28.